The number of carbonyl (C=O) groups is 3. The van der Waals surface area contributed by atoms with Crippen LogP contribution in [0.5, 0.6) is 0 Å². The van der Waals surface area contributed by atoms with Gasteiger partial charge in [0.2, 0.25) is 0 Å². The molecule has 2 heterocycles. The molecule has 0 saturated carbocycles. The maximum absolute atomic E-state index is 13.1. The highest BCUT2D eigenvalue weighted by molar-refractivity contribution is 7.80. The van der Waals surface area contributed by atoms with Crippen molar-refractivity contribution in [2.24, 2.45) is 0 Å². The van der Waals surface area contributed by atoms with E-state index in [1.54, 1.807) is 59.3 Å². The number of nitrogens with zero attached hydrogens (tertiary/aromatic N) is 2. The van der Waals surface area contributed by atoms with Crippen molar-refractivity contribution in [1.82, 2.24) is 9.88 Å². The van der Waals surface area contributed by atoms with Gasteiger partial charge in [0.1, 0.15) is 5.57 Å². The second kappa shape index (κ2) is 7.76. The Morgan fingerprint density at radius 1 is 0.967 bits per heavy atom. The Kier molecular flexibility index (Phi) is 4.99. The summed E-state index contributed by atoms with van der Waals surface area (Å²) in [5, 5.41) is 11.8. The Morgan fingerprint density at radius 2 is 1.70 bits per heavy atom. The Labute approximate surface area is 176 Å². The molecule has 3 aromatic rings. The predicted octanol–water partition coefficient (Wildman–Crippen LogP) is 3.01. The molecule has 1 aromatic heterocycles. The molecule has 8 heteroatoms. The molecular formula is C22H15N3O4S. The largest absolute Gasteiger partial charge is 0.478 e. The Hall–Kier alpha value is -4.04. The minimum absolute atomic E-state index is 0.0119. The predicted molar refractivity (Wildman–Crippen MR) is 115 cm³/mol. The lowest BCUT2D eigenvalue weighted by atomic mass is 10.1. The molecule has 30 heavy (non-hydrogen) atoms. The van der Waals surface area contributed by atoms with Crippen LogP contribution in [0.25, 0.3) is 11.8 Å². The maximum Gasteiger partial charge on any atom is 0.335 e. The van der Waals surface area contributed by atoms with E-state index in [-0.39, 0.29) is 16.2 Å². The molecule has 0 unspecified atom stereocenters. The number of amides is 2. The standard InChI is InChI=1S/C22H15N3O4S/c26-19-18(20(27)25(22(30)23-19)15-7-2-1-3-8-15)13-17-10-5-11-24(17)16-9-4-6-14(12-16)21(28)29/h1-13H,(H,28,29)(H,23,26,30)/b18-13+. The fourth-order valence-corrected chi connectivity index (χ4v) is 3.43. The second-order valence-electron chi connectivity index (χ2n) is 6.45. The third-order valence-electron chi connectivity index (χ3n) is 4.56. The molecule has 1 aliphatic rings. The molecule has 1 saturated heterocycles. The van der Waals surface area contributed by atoms with Gasteiger partial charge in [0, 0.05) is 17.6 Å². The van der Waals surface area contributed by atoms with Crippen molar-refractivity contribution < 1.29 is 19.5 Å². The van der Waals surface area contributed by atoms with E-state index in [4.69, 9.17) is 12.2 Å². The first-order chi connectivity index (χ1) is 14.5. The minimum Gasteiger partial charge on any atom is -0.478 e. The SMILES string of the molecule is O=C1NC(=S)N(c2ccccc2)C(=O)/C1=C/c1cccn1-c1cccc(C(=O)O)c1. The van der Waals surface area contributed by atoms with E-state index >= 15 is 0 Å². The smallest absolute Gasteiger partial charge is 0.335 e. The summed E-state index contributed by atoms with van der Waals surface area (Å²) in [4.78, 5) is 38.1. The molecule has 2 aromatic carbocycles. The van der Waals surface area contributed by atoms with Crippen LogP contribution in [0.4, 0.5) is 5.69 Å². The molecular weight excluding hydrogens is 402 g/mol. The van der Waals surface area contributed by atoms with Crippen molar-refractivity contribution in [3.05, 3.63) is 89.8 Å². The molecule has 0 radical (unpaired) electrons. The molecule has 4 rings (SSSR count). The summed E-state index contributed by atoms with van der Waals surface area (Å²) in [6, 6.07) is 18.6. The van der Waals surface area contributed by atoms with E-state index in [0.717, 1.165) is 0 Å². The zero-order valence-corrected chi connectivity index (χ0v) is 16.3. The summed E-state index contributed by atoms with van der Waals surface area (Å²) in [5.74, 6) is -2.18. The number of carboxylic acid groups (broad SMARTS) is 1. The Balaban J connectivity index is 1.75. The Morgan fingerprint density at radius 3 is 2.43 bits per heavy atom. The monoisotopic (exact) mass is 417 g/mol. The number of anilines is 1. The lowest BCUT2D eigenvalue weighted by Crippen LogP contribution is -2.54. The quantitative estimate of drug-likeness (QED) is 0.387. The number of aromatic carboxylic acids is 1. The van der Waals surface area contributed by atoms with Gasteiger partial charge in [-0.2, -0.15) is 0 Å². The summed E-state index contributed by atoms with van der Waals surface area (Å²) < 4.78 is 1.69. The van der Waals surface area contributed by atoms with Gasteiger partial charge in [-0.3, -0.25) is 19.8 Å². The normalized spacial score (nSPS) is 15.4. The lowest BCUT2D eigenvalue weighted by Gasteiger charge is -2.28. The number of carbonyl (C=O) groups excluding carboxylic acids is 2. The molecule has 0 spiro atoms. The van der Waals surface area contributed by atoms with Crippen LogP contribution in [-0.2, 0) is 9.59 Å². The number of carboxylic acids is 1. The van der Waals surface area contributed by atoms with Gasteiger partial charge in [-0.1, -0.05) is 24.3 Å². The van der Waals surface area contributed by atoms with Crippen LogP contribution in [-0.4, -0.2) is 32.6 Å². The summed E-state index contributed by atoms with van der Waals surface area (Å²) in [6.45, 7) is 0. The first-order valence-corrected chi connectivity index (χ1v) is 9.34. The van der Waals surface area contributed by atoms with Crippen LogP contribution < -0.4 is 10.2 Å². The molecule has 148 valence electrons. The topological polar surface area (TPSA) is 91.6 Å². The van der Waals surface area contributed by atoms with Gasteiger partial charge in [0.15, 0.2) is 5.11 Å². The molecule has 0 aliphatic carbocycles. The minimum atomic E-state index is -1.04. The number of aromatic nitrogens is 1. The number of thiocarbonyl (C=S) groups is 1. The lowest BCUT2D eigenvalue weighted by molar-refractivity contribution is -0.122. The third-order valence-corrected chi connectivity index (χ3v) is 4.84. The van der Waals surface area contributed by atoms with E-state index < -0.39 is 17.8 Å². The molecule has 7 nitrogen and oxygen atoms in total. The summed E-state index contributed by atoms with van der Waals surface area (Å²) >= 11 is 5.19. The van der Waals surface area contributed by atoms with Crippen molar-refractivity contribution in [2.45, 2.75) is 0 Å². The number of rotatable bonds is 4. The number of nitrogens with one attached hydrogen (secondary N) is 1. The van der Waals surface area contributed by atoms with Crippen LogP contribution >= 0.6 is 12.2 Å². The van der Waals surface area contributed by atoms with Gasteiger partial charge in [-0.25, -0.2) is 4.79 Å². The number of hydrogen-bond donors (Lipinski definition) is 2. The molecule has 1 aliphatic heterocycles. The van der Waals surface area contributed by atoms with Crippen molar-refractivity contribution in [1.29, 1.82) is 0 Å². The number of hydrogen-bond acceptors (Lipinski definition) is 4. The molecule has 2 N–H and O–H groups in total. The van der Waals surface area contributed by atoms with Crippen molar-refractivity contribution in [3.63, 3.8) is 0 Å². The van der Waals surface area contributed by atoms with Crippen LogP contribution in [0, 0.1) is 0 Å². The van der Waals surface area contributed by atoms with Gasteiger partial charge in [-0.05, 0) is 60.8 Å². The summed E-state index contributed by atoms with van der Waals surface area (Å²) in [5.41, 5.74) is 1.72. The van der Waals surface area contributed by atoms with Crippen LogP contribution in [0.3, 0.4) is 0 Å². The van der Waals surface area contributed by atoms with Crippen LogP contribution in [0.1, 0.15) is 16.1 Å². The highest BCUT2D eigenvalue weighted by Gasteiger charge is 2.34. The third kappa shape index (κ3) is 3.51. The van der Waals surface area contributed by atoms with Crippen LogP contribution in [0.2, 0.25) is 0 Å². The van der Waals surface area contributed by atoms with Gasteiger partial charge in [0.05, 0.1) is 11.3 Å². The van der Waals surface area contributed by atoms with Crippen molar-refractivity contribution in [3.8, 4) is 5.69 Å². The van der Waals surface area contributed by atoms with Crippen molar-refractivity contribution >= 4 is 46.9 Å². The zero-order chi connectivity index (χ0) is 21.3. The van der Waals surface area contributed by atoms with E-state index in [1.807, 2.05) is 6.07 Å². The average Bonchev–Trinajstić information content (AvgIpc) is 3.20. The number of benzene rings is 2. The fourth-order valence-electron chi connectivity index (χ4n) is 3.15. The molecule has 0 bridgehead atoms. The van der Waals surface area contributed by atoms with E-state index in [2.05, 4.69) is 5.32 Å². The fraction of sp³-hybridized carbons (Fsp3) is 0. The molecule has 2 amide bonds. The van der Waals surface area contributed by atoms with Crippen molar-refractivity contribution in [2.75, 3.05) is 4.90 Å². The van der Waals surface area contributed by atoms with E-state index in [0.29, 0.717) is 17.1 Å². The highest BCUT2D eigenvalue weighted by Crippen LogP contribution is 2.23. The summed E-state index contributed by atoms with van der Waals surface area (Å²) in [7, 11) is 0. The van der Waals surface area contributed by atoms with Gasteiger partial charge >= 0.3 is 5.97 Å². The Bertz CT molecular complexity index is 1210. The average molecular weight is 417 g/mol. The first-order valence-electron chi connectivity index (χ1n) is 8.93. The summed E-state index contributed by atoms with van der Waals surface area (Å²) in [6.07, 6.45) is 3.18. The second-order valence-corrected chi connectivity index (χ2v) is 6.84. The first kappa shape index (κ1) is 19.3. The van der Waals surface area contributed by atoms with Gasteiger partial charge in [0.25, 0.3) is 11.8 Å². The van der Waals surface area contributed by atoms with E-state index in [1.165, 1.54) is 23.1 Å². The molecule has 0 atom stereocenters. The van der Waals surface area contributed by atoms with E-state index in [9.17, 15) is 19.5 Å². The van der Waals surface area contributed by atoms with Gasteiger partial charge in [-0.15, -0.1) is 0 Å². The highest BCUT2D eigenvalue weighted by atomic mass is 32.1. The maximum atomic E-state index is 13.1. The van der Waals surface area contributed by atoms with Gasteiger partial charge < -0.3 is 9.67 Å². The van der Waals surface area contributed by atoms with Crippen LogP contribution in [0.15, 0.2) is 78.5 Å². The molecule has 1 fully saturated rings. The number of para-hydroxylation sites is 1. The zero-order valence-electron chi connectivity index (χ0n) is 15.5.